The zero-order chi connectivity index (χ0) is 12.3. The molecule has 1 aliphatic rings. The molecule has 1 saturated heterocycles. The summed E-state index contributed by atoms with van der Waals surface area (Å²) in [4.78, 5) is 11.9. The zero-order valence-corrected chi connectivity index (χ0v) is 11.0. The summed E-state index contributed by atoms with van der Waals surface area (Å²) in [5.41, 5.74) is -0.654. The average molecular weight is 255 g/mol. The monoisotopic (exact) mass is 255 g/mol. The minimum absolute atomic E-state index is 0.0525. The molecular weight excluding hydrogens is 238 g/mol. The van der Waals surface area contributed by atoms with Crippen LogP contribution < -0.4 is 5.32 Å². The lowest BCUT2D eigenvalue weighted by molar-refractivity contribution is -0.139. The molecule has 1 aromatic heterocycles. The lowest BCUT2D eigenvalue weighted by Gasteiger charge is -2.21. The van der Waals surface area contributed by atoms with Crippen LogP contribution in [0.5, 0.6) is 0 Å². The van der Waals surface area contributed by atoms with Gasteiger partial charge in [0.1, 0.15) is 15.6 Å². The Balaban J connectivity index is 1.87. The second kappa shape index (κ2) is 5.10. The molecule has 1 fully saturated rings. The van der Waals surface area contributed by atoms with E-state index in [1.165, 1.54) is 11.3 Å². The van der Waals surface area contributed by atoms with Gasteiger partial charge in [0.05, 0.1) is 6.54 Å². The minimum Gasteiger partial charge on any atom is -0.365 e. The maximum absolute atomic E-state index is 11.9. The molecule has 0 saturated carbocycles. The number of hydrogen-bond donors (Lipinski definition) is 1. The predicted octanol–water partition coefficient (Wildman–Crippen LogP) is 1.29. The molecule has 17 heavy (non-hydrogen) atoms. The molecule has 0 bridgehead atoms. The van der Waals surface area contributed by atoms with Crippen LogP contribution in [0.3, 0.4) is 0 Å². The highest BCUT2D eigenvalue weighted by Gasteiger charge is 2.37. The highest BCUT2D eigenvalue weighted by atomic mass is 32.1. The summed E-state index contributed by atoms with van der Waals surface area (Å²) in [5, 5.41) is 12.7. The highest BCUT2D eigenvalue weighted by Crippen LogP contribution is 2.25. The summed E-state index contributed by atoms with van der Waals surface area (Å²) in [6.07, 6.45) is 2.62. The van der Waals surface area contributed by atoms with Gasteiger partial charge in [0, 0.05) is 6.61 Å². The number of aromatic nitrogens is 2. The Morgan fingerprint density at radius 1 is 1.53 bits per heavy atom. The Labute approximate surface area is 105 Å². The molecular formula is C11H17N3O2S. The topological polar surface area (TPSA) is 64.1 Å². The lowest BCUT2D eigenvalue weighted by atomic mass is 10.0. The molecule has 1 aromatic rings. The van der Waals surface area contributed by atoms with Gasteiger partial charge in [-0.05, 0) is 26.2 Å². The molecule has 1 N–H and O–H groups in total. The number of nitrogens with zero attached hydrogens (tertiary/aromatic N) is 2. The van der Waals surface area contributed by atoms with Crippen LogP contribution in [0.15, 0.2) is 0 Å². The molecule has 0 radical (unpaired) electrons. The fourth-order valence-electron chi connectivity index (χ4n) is 1.80. The van der Waals surface area contributed by atoms with Crippen molar-refractivity contribution in [1.82, 2.24) is 15.5 Å². The molecule has 1 amide bonds. The van der Waals surface area contributed by atoms with E-state index in [0.717, 1.165) is 29.3 Å². The van der Waals surface area contributed by atoms with Crippen molar-refractivity contribution in [2.24, 2.45) is 0 Å². The van der Waals surface area contributed by atoms with Crippen molar-refractivity contribution in [3.8, 4) is 0 Å². The fourth-order valence-corrected chi connectivity index (χ4v) is 2.53. The highest BCUT2D eigenvalue weighted by molar-refractivity contribution is 7.11. The number of carbonyl (C=O) groups is 1. The zero-order valence-electron chi connectivity index (χ0n) is 10.2. The summed E-state index contributed by atoms with van der Waals surface area (Å²) < 4.78 is 5.47. The van der Waals surface area contributed by atoms with E-state index in [4.69, 9.17) is 4.74 Å². The Bertz CT molecular complexity index is 399. The lowest BCUT2D eigenvalue weighted by Crippen LogP contribution is -2.43. The van der Waals surface area contributed by atoms with Crippen molar-refractivity contribution < 1.29 is 9.53 Å². The Hall–Kier alpha value is -1.01. The molecule has 0 aliphatic carbocycles. The normalized spacial score (nSPS) is 23.9. The third-order valence-electron chi connectivity index (χ3n) is 2.91. The predicted molar refractivity (Wildman–Crippen MR) is 64.7 cm³/mol. The number of ether oxygens (including phenoxy) is 1. The van der Waals surface area contributed by atoms with Crippen molar-refractivity contribution >= 4 is 17.2 Å². The van der Waals surface area contributed by atoms with Gasteiger partial charge in [-0.2, -0.15) is 0 Å². The van der Waals surface area contributed by atoms with Crippen molar-refractivity contribution in [3.05, 3.63) is 10.0 Å². The summed E-state index contributed by atoms with van der Waals surface area (Å²) in [6.45, 7) is 4.99. The van der Waals surface area contributed by atoms with Gasteiger partial charge in [0.2, 0.25) is 0 Å². The van der Waals surface area contributed by atoms with Crippen LogP contribution >= 0.6 is 11.3 Å². The standard InChI is InChI=1S/C11H17N3O2S/c1-3-8-13-14-9(17-8)7-12-10(15)11(2)5-4-6-16-11/h3-7H2,1-2H3,(H,12,15)/t11-/m0/s1. The van der Waals surface area contributed by atoms with Crippen molar-refractivity contribution in [2.45, 2.75) is 45.3 Å². The van der Waals surface area contributed by atoms with E-state index in [9.17, 15) is 4.79 Å². The van der Waals surface area contributed by atoms with Gasteiger partial charge in [0.25, 0.3) is 5.91 Å². The van der Waals surface area contributed by atoms with E-state index in [1.54, 1.807) is 0 Å². The van der Waals surface area contributed by atoms with Gasteiger partial charge in [-0.3, -0.25) is 4.79 Å². The molecule has 0 spiro atoms. The van der Waals surface area contributed by atoms with Gasteiger partial charge in [-0.15, -0.1) is 10.2 Å². The van der Waals surface area contributed by atoms with Crippen molar-refractivity contribution in [2.75, 3.05) is 6.61 Å². The number of nitrogens with one attached hydrogen (secondary N) is 1. The number of hydrogen-bond acceptors (Lipinski definition) is 5. The minimum atomic E-state index is -0.654. The van der Waals surface area contributed by atoms with Crippen LogP contribution in [0.25, 0.3) is 0 Å². The number of aryl methyl sites for hydroxylation is 1. The van der Waals surface area contributed by atoms with Crippen LogP contribution in [-0.2, 0) is 22.5 Å². The van der Waals surface area contributed by atoms with Crippen LogP contribution in [0, 0.1) is 0 Å². The molecule has 0 unspecified atom stereocenters. The third-order valence-corrected chi connectivity index (χ3v) is 3.98. The third kappa shape index (κ3) is 2.81. The van der Waals surface area contributed by atoms with Crippen LogP contribution in [0.2, 0.25) is 0 Å². The first kappa shape index (κ1) is 12.4. The summed E-state index contributed by atoms with van der Waals surface area (Å²) in [6, 6.07) is 0. The largest absolute Gasteiger partial charge is 0.365 e. The van der Waals surface area contributed by atoms with Crippen molar-refractivity contribution in [3.63, 3.8) is 0 Å². The molecule has 0 aromatic carbocycles. The second-order valence-electron chi connectivity index (χ2n) is 4.31. The van der Waals surface area contributed by atoms with Crippen LogP contribution in [0.1, 0.15) is 36.7 Å². The van der Waals surface area contributed by atoms with E-state index in [-0.39, 0.29) is 5.91 Å². The molecule has 1 aliphatic heterocycles. The molecule has 2 rings (SSSR count). The van der Waals surface area contributed by atoms with E-state index >= 15 is 0 Å². The van der Waals surface area contributed by atoms with Gasteiger partial charge in [-0.1, -0.05) is 18.3 Å². The SMILES string of the molecule is CCc1nnc(CNC(=O)[C@]2(C)CCCO2)s1. The van der Waals surface area contributed by atoms with Gasteiger partial charge in [-0.25, -0.2) is 0 Å². The molecule has 6 heteroatoms. The Morgan fingerprint density at radius 2 is 2.29 bits per heavy atom. The van der Waals surface area contributed by atoms with Crippen molar-refractivity contribution in [1.29, 1.82) is 0 Å². The van der Waals surface area contributed by atoms with E-state index in [2.05, 4.69) is 15.5 Å². The summed E-state index contributed by atoms with van der Waals surface area (Å²) in [7, 11) is 0. The number of rotatable bonds is 4. The average Bonchev–Trinajstić information content (AvgIpc) is 2.95. The first-order valence-electron chi connectivity index (χ1n) is 5.87. The second-order valence-corrected chi connectivity index (χ2v) is 5.46. The first-order chi connectivity index (χ1) is 8.14. The maximum atomic E-state index is 11.9. The van der Waals surface area contributed by atoms with Crippen LogP contribution in [-0.4, -0.2) is 28.3 Å². The number of amides is 1. The van der Waals surface area contributed by atoms with Gasteiger partial charge in [0.15, 0.2) is 0 Å². The molecule has 94 valence electrons. The van der Waals surface area contributed by atoms with E-state index in [1.807, 2.05) is 13.8 Å². The molecule has 2 heterocycles. The molecule has 1 atom stereocenters. The first-order valence-corrected chi connectivity index (χ1v) is 6.69. The van der Waals surface area contributed by atoms with E-state index in [0.29, 0.717) is 13.2 Å². The number of carbonyl (C=O) groups excluding carboxylic acids is 1. The molecule has 5 nitrogen and oxygen atoms in total. The smallest absolute Gasteiger partial charge is 0.252 e. The summed E-state index contributed by atoms with van der Waals surface area (Å²) in [5.74, 6) is -0.0525. The maximum Gasteiger partial charge on any atom is 0.252 e. The summed E-state index contributed by atoms with van der Waals surface area (Å²) >= 11 is 1.54. The van der Waals surface area contributed by atoms with Crippen LogP contribution in [0.4, 0.5) is 0 Å². The van der Waals surface area contributed by atoms with E-state index < -0.39 is 5.60 Å². The Kier molecular flexibility index (Phi) is 3.73. The van der Waals surface area contributed by atoms with Gasteiger partial charge >= 0.3 is 0 Å². The fraction of sp³-hybridized carbons (Fsp3) is 0.727. The Morgan fingerprint density at radius 3 is 2.88 bits per heavy atom. The quantitative estimate of drug-likeness (QED) is 0.880. The van der Waals surface area contributed by atoms with Gasteiger partial charge < -0.3 is 10.1 Å².